The predicted molar refractivity (Wildman–Crippen MR) is 61.3 cm³/mol. The van der Waals surface area contributed by atoms with E-state index in [4.69, 9.17) is 5.11 Å². The van der Waals surface area contributed by atoms with E-state index in [0.717, 1.165) is 0 Å². The van der Waals surface area contributed by atoms with Crippen LogP contribution >= 0.6 is 0 Å². The lowest BCUT2D eigenvalue weighted by molar-refractivity contribution is -0.139. The fourth-order valence-electron chi connectivity index (χ4n) is 2.18. The molecule has 1 saturated heterocycles. The van der Waals surface area contributed by atoms with Crippen molar-refractivity contribution in [1.82, 2.24) is 10.6 Å². The standard InChI is InChI=1S/C11H18N2O4/c1-3-7-4-8(11(16)17)13-10(7)9(5-14)12-6(2)15/h3,7-10,13-14H,1,4-5H2,2H3,(H,12,15)(H,16,17)/t7-,8-,9+,10?/m1/s1. The molecule has 0 bridgehead atoms. The van der Waals surface area contributed by atoms with Crippen LogP contribution in [0.5, 0.6) is 0 Å². The Balaban J connectivity index is 2.75. The number of aliphatic carboxylic acids is 1. The molecule has 17 heavy (non-hydrogen) atoms. The van der Waals surface area contributed by atoms with E-state index >= 15 is 0 Å². The minimum absolute atomic E-state index is 0.0832. The van der Waals surface area contributed by atoms with Crippen molar-refractivity contribution in [3.8, 4) is 0 Å². The average molecular weight is 242 g/mol. The van der Waals surface area contributed by atoms with Crippen LogP contribution in [-0.2, 0) is 9.59 Å². The quantitative estimate of drug-likeness (QED) is 0.468. The monoisotopic (exact) mass is 242 g/mol. The van der Waals surface area contributed by atoms with E-state index in [1.807, 2.05) is 0 Å². The molecule has 4 atom stereocenters. The van der Waals surface area contributed by atoms with E-state index in [1.54, 1.807) is 6.08 Å². The van der Waals surface area contributed by atoms with Crippen LogP contribution in [0, 0.1) is 5.92 Å². The molecule has 0 spiro atoms. The van der Waals surface area contributed by atoms with Gasteiger partial charge >= 0.3 is 5.97 Å². The van der Waals surface area contributed by atoms with E-state index in [2.05, 4.69) is 17.2 Å². The van der Waals surface area contributed by atoms with Crippen molar-refractivity contribution in [3.05, 3.63) is 12.7 Å². The van der Waals surface area contributed by atoms with Crippen molar-refractivity contribution in [2.24, 2.45) is 5.92 Å². The Labute approximate surface area is 99.7 Å². The molecule has 1 amide bonds. The smallest absolute Gasteiger partial charge is 0.320 e. The molecule has 1 fully saturated rings. The minimum atomic E-state index is -0.932. The third-order valence-corrected chi connectivity index (χ3v) is 2.98. The van der Waals surface area contributed by atoms with Gasteiger partial charge in [0.2, 0.25) is 5.91 Å². The fraction of sp³-hybridized carbons (Fsp3) is 0.636. The minimum Gasteiger partial charge on any atom is -0.480 e. The lowest BCUT2D eigenvalue weighted by atomic mass is 9.94. The van der Waals surface area contributed by atoms with E-state index in [9.17, 15) is 14.7 Å². The highest BCUT2D eigenvalue weighted by atomic mass is 16.4. The normalized spacial score (nSPS) is 29.6. The number of rotatable bonds is 5. The van der Waals surface area contributed by atoms with Crippen LogP contribution in [0.4, 0.5) is 0 Å². The molecule has 96 valence electrons. The number of nitrogens with one attached hydrogen (secondary N) is 2. The van der Waals surface area contributed by atoms with Gasteiger partial charge in [0.25, 0.3) is 0 Å². The molecule has 4 N–H and O–H groups in total. The number of carboxylic acid groups (broad SMARTS) is 1. The van der Waals surface area contributed by atoms with Gasteiger partial charge in [-0.3, -0.25) is 14.9 Å². The number of hydrogen-bond acceptors (Lipinski definition) is 4. The first-order valence-corrected chi connectivity index (χ1v) is 5.49. The van der Waals surface area contributed by atoms with Crippen molar-refractivity contribution in [2.45, 2.75) is 31.5 Å². The van der Waals surface area contributed by atoms with E-state index in [0.29, 0.717) is 6.42 Å². The van der Waals surface area contributed by atoms with Crippen LogP contribution in [0.25, 0.3) is 0 Å². The van der Waals surface area contributed by atoms with E-state index < -0.39 is 18.1 Å². The molecular weight excluding hydrogens is 224 g/mol. The van der Waals surface area contributed by atoms with E-state index in [1.165, 1.54) is 6.92 Å². The molecule has 0 aromatic heterocycles. The molecular formula is C11H18N2O4. The third-order valence-electron chi connectivity index (χ3n) is 2.98. The summed E-state index contributed by atoms with van der Waals surface area (Å²) in [5, 5.41) is 23.7. The molecule has 6 nitrogen and oxygen atoms in total. The Hall–Kier alpha value is -1.40. The fourth-order valence-corrected chi connectivity index (χ4v) is 2.18. The van der Waals surface area contributed by atoms with Gasteiger partial charge in [0.1, 0.15) is 6.04 Å². The Morgan fingerprint density at radius 3 is 2.71 bits per heavy atom. The summed E-state index contributed by atoms with van der Waals surface area (Å²) >= 11 is 0. The topological polar surface area (TPSA) is 98.7 Å². The van der Waals surface area contributed by atoms with Crippen molar-refractivity contribution < 1.29 is 19.8 Å². The molecule has 6 heteroatoms. The van der Waals surface area contributed by atoms with Crippen LogP contribution in [-0.4, -0.2) is 46.8 Å². The summed E-state index contributed by atoms with van der Waals surface area (Å²) in [5.74, 6) is -1.27. The molecule has 1 aliphatic rings. The molecule has 0 aromatic rings. The van der Waals surface area contributed by atoms with Crippen molar-refractivity contribution in [2.75, 3.05) is 6.61 Å². The molecule has 1 unspecified atom stereocenters. The second kappa shape index (κ2) is 5.79. The number of carbonyl (C=O) groups excluding carboxylic acids is 1. The highest BCUT2D eigenvalue weighted by molar-refractivity contribution is 5.75. The number of carboxylic acids is 1. The third kappa shape index (κ3) is 3.28. The zero-order valence-electron chi connectivity index (χ0n) is 9.72. The second-order valence-corrected chi connectivity index (χ2v) is 4.21. The SMILES string of the molecule is C=C[C@@H]1C[C@H](C(=O)O)NC1[C@H](CO)NC(C)=O. The average Bonchev–Trinajstić information content (AvgIpc) is 2.69. The van der Waals surface area contributed by atoms with Gasteiger partial charge in [0, 0.05) is 13.0 Å². The first kappa shape index (κ1) is 13.7. The molecule has 1 heterocycles. The summed E-state index contributed by atoms with van der Waals surface area (Å²) in [4.78, 5) is 21.9. The Morgan fingerprint density at radius 2 is 2.29 bits per heavy atom. The van der Waals surface area contributed by atoms with Crippen LogP contribution < -0.4 is 10.6 Å². The van der Waals surface area contributed by atoms with Gasteiger partial charge in [0.05, 0.1) is 12.6 Å². The van der Waals surface area contributed by atoms with Gasteiger partial charge in [-0.15, -0.1) is 6.58 Å². The van der Waals surface area contributed by atoms with Gasteiger partial charge in [-0.1, -0.05) is 6.08 Å². The first-order chi connectivity index (χ1) is 7.99. The summed E-state index contributed by atoms with van der Waals surface area (Å²) < 4.78 is 0. The van der Waals surface area contributed by atoms with Gasteiger partial charge in [-0.05, 0) is 12.3 Å². The number of aliphatic hydroxyl groups is 1. The zero-order chi connectivity index (χ0) is 13.0. The summed E-state index contributed by atoms with van der Waals surface area (Å²) in [5.41, 5.74) is 0. The van der Waals surface area contributed by atoms with Crippen molar-refractivity contribution in [3.63, 3.8) is 0 Å². The van der Waals surface area contributed by atoms with Gasteiger partial charge in [0.15, 0.2) is 0 Å². The maximum Gasteiger partial charge on any atom is 0.320 e. The maximum absolute atomic E-state index is 11.0. The van der Waals surface area contributed by atoms with Crippen molar-refractivity contribution >= 4 is 11.9 Å². The molecule has 1 aliphatic heterocycles. The lowest BCUT2D eigenvalue weighted by Crippen LogP contribution is -2.53. The summed E-state index contributed by atoms with van der Waals surface area (Å²) in [6.07, 6.45) is 2.07. The molecule has 0 aliphatic carbocycles. The van der Waals surface area contributed by atoms with Crippen LogP contribution in [0.1, 0.15) is 13.3 Å². The number of amides is 1. The second-order valence-electron chi connectivity index (χ2n) is 4.21. The predicted octanol–water partition coefficient (Wildman–Crippen LogP) is -0.899. The molecule has 0 radical (unpaired) electrons. The van der Waals surface area contributed by atoms with E-state index in [-0.39, 0.29) is 24.5 Å². The Morgan fingerprint density at radius 1 is 1.65 bits per heavy atom. The van der Waals surface area contributed by atoms with Crippen LogP contribution in [0.3, 0.4) is 0 Å². The number of carbonyl (C=O) groups is 2. The Kier molecular flexibility index (Phi) is 4.65. The Bertz CT molecular complexity index is 319. The highest BCUT2D eigenvalue weighted by Gasteiger charge is 2.39. The maximum atomic E-state index is 11.0. The summed E-state index contributed by atoms with van der Waals surface area (Å²) in [6.45, 7) is 4.77. The summed E-state index contributed by atoms with van der Waals surface area (Å²) in [7, 11) is 0. The molecule has 0 aromatic carbocycles. The zero-order valence-corrected chi connectivity index (χ0v) is 9.72. The highest BCUT2D eigenvalue weighted by Crippen LogP contribution is 2.24. The van der Waals surface area contributed by atoms with Crippen LogP contribution in [0.2, 0.25) is 0 Å². The van der Waals surface area contributed by atoms with Gasteiger partial charge < -0.3 is 15.5 Å². The largest absolute Gasteiger partial charge is 0.480 e. The number of hydrogen-bond donors (Lipinski definition) is 4. The lowest BCUT2D eigenvalue weighted by Gasteiger charge is -2.26. The van der Waals surface area contributed by atoms with Crippen molar-refractivity contribution in [1.29, 1.82) is 0 Å². The summed E-state index contributed by atoms with van der Waals surface area (Å²) in [6, 6.07) is -1.46. The van der Waals surface area contributed by atoms with Crippen LogP contribution in [0.15, 0.2) is 12.7 Å². The molecule has 1 rings (SSSR count). The molecule has 0 saturated carbocycles. The van der Waals surface area contributed by atoms with Gasteiger partial charge in [-0.2, -0.15) is 0 Å². The van der Waals surface area contributed by atoms with Gasteiger partial charge in [-0.25, -0.2) is 0 Å². The number of aliphatic hydroxyl groups excluding tert-OH is 1. The first-order valence-electron chi connectivity index (χ1n) is 5.49.